The standard InChI is InChI=1S/C14H18ClN3/c1-3-9-16-14(13-8-10-18(2)17-13)11-4-6-12(15)7-5-11/h4-8,10,14,16H,3,9H2,1-2H3. The van der Waals surface area contributed by atoms with Crippen molar-refractivity contribution in [3.63, 3.8) is 0 Å². The van der Waals surface area contributed by atoms with Crippen molar-refractivity contribution in [3.05, 3.63) is 52.8 Å². The molecule has 0 radical (unpaired) electrons. The molecule has 0 fully saturated rings. The Labute approximate surface area is 113 Å². The molecule has 1 N–H and O–H groups in total. The van der Waals surface area contributed by atoms with Gasteiger partial charge in [-0.05, 0) is 36.7 Å². The van der Waals surface area contributed by atoms with E-state index < -0.39 is 0 Å². The fraction of sp³-hybridized carbons (Fsp3) is 0.357. The highest BCUT2D eigenvalue weighted by Gasteiger charge is 2.15. The van der Waals surface area contributed by atoms with Crippen molar-refractivity contribution in [2.75, 3.05) is 6.54 Å². The molecule has 1 aromatic heterocycles. The number of hydrogen-bond donors (Lipinski definition) is 1. The first kappa shape index (κ1) is 13.1. The largest absolute Gasteiger partial charge is 0.305 e. The minimum absolute atomic E-state index is 0.128. The summed E-state index contributed by atoms with van der Waals surface area (Å²) in [5, 5.41) is 8.76. The van der Waals surface area contributed by atoms with Gasteiger partial charge in [0, 0.05) is 18.3 Å². The van der Waals surface area contributed by atoms with Gasteiger partial charge >= 0.3 is 0 Å². The maximum absolute atomic E-state index is 5.93. The van der Waals surface area contributed by atoms with Crippen LogP contribution < -0.4 is 5.32 Å². The molecule has 1 unspecified atom stereocenters. The highest BCUT2D eigenvalue weighted by Crippen LogP contribution is 2.22. The van der Waals surface area contributed by atoms with E-state index in [-0.39, 0.29) is 6.04 Å². The second-order valence-corrected chi connectivity index (χ2v) is 4.79. The van der Waals surface area contributed by atoms with Crippen molar-refractivity contribution in [1.82, 2.24) is 15.1 Å². The Balaban J connectivity index is 2.27. The van der Waals surface area contributed by atoms with Gasteiger partial charge in [-0.25, -0.2) is 0 Å². The average molecular weight is 264 g/mol. The molecule has 0 saturated heterocycles. The van der Waals surface area contributed by atoms with Crippen molar-refractivity contribution in [3.8, 4) is 0 Å². The van der Waals surface area contributed by atoms with Crippen LogP contribution in [0.3, 0.4) is 0 Å². The summed E-state index contributed by atoms with van der Waals surface area (Å²) in [7, 11) is 1.93. The first-order chi connectivity index (χ1) is 8.70. The number of rotatable bonds is 5. The van der Waals surface area contributed by atoms with Crippen molar-refractivity contribution in [2.45, 2.75) is 19.4 Å². The maximum Gasteiger partial charge on any atom is 0.0839 e. The molecule has 4 heteroatoms. The Bertz CT molecular complexity index is 490. The number of halogens is 1. The topological polar surface area (TPSA) is 29.9 Å². The smallest absolute Gasteiger partial charge is 0.0839 e. The molecule has 2 aromatic rings. The molecule has 0 bridgehead atoms. The SMILES string of the molecule is CCCNC(c1ccc(Cl)cc1)c1ccn(C)n1. The molecule has 96 valence electrons. The van der Waals surface area contributed by atoms with Crippen LogP contribution >= 0.6 is 11.6 Å². The number of aryl methyl sites for hydroxylation is 1. The lowest BCUT2D eigenvalue weighted by Gasteiger charge is -2.17. The van der Waals surface area contributed by atoms with Gasteiger partial charge in [-0.1, -0.05) is 30.7 Å². The molecule has 3 nitrogen and oxygen atoms in total. The van der Waals surface area contributed by atoms with Gasteiger partial charge in [-0.3, -0.25) is 4.68 Å². The van der Waals surface area contributed by atoms with Crippen molar-refractivity contribution < 1.29 is 0 Å². The summed E-state index contributed by atoms with van der Waals surface area (Å²) >= 11 is 5.93. The van der Waals surface area contributed by atoms with E-state index in [0.29, 0.717) is 0 Å². The molecule has 0 amide bonds. The second kappa shape index (κ2) is 6.03. The normalized spacial score (nSPS) is 12.6. The van der Waals surface area contributed by atoms with Crippen molar-refractivity contribution >= 4 is 11.6 Å². The van der Waals surface area contributed by atoms with Gasteiger partial charge in [-0.15, -0.1) is 0 Å². The lowest BCUT2D eigenvalue weighted by atomic mass is 10.0. The lowest BCUT2D eigenvalue weighted by molar-refractivity contribution is 0.575. The van der Waals surface area contributed by atoms with Crippen LogP contribution in [0.2, 0.25) is 5.02 Å². The third kappa shape index (κ3) is 3.12. The quantitative estimate of drug-likeness (QED) is 0.898. The number of benzene rings is 1. The highest BCUT2D eigenvalue weighted by molar-refractivity contribution is 6.30. The fourth-order valence-corrected chi connectivity index (χ4v) is 2.05. The Morgan fingerprint density at radius 1 is 1.28 bits per heavy atom. The van der Waals surface area contributed by atoms with Gasteiger partial charge in [0.2, 0.25) is 0 Å². The lowest BCUT2D eigenvalue weighted by Crippen LogP contribution is -2.23. The summed E-state index contributed by atoms with van der Waals surface area (Å²) in [6.07, 6.45) is 3.06. The molecule has 1 aromatic carbocycles. The van der Waals surface area contributed by atoms with E-state index in [1.54, 1.807) is 0 Å². The van der Waals surface area contributed by atoms with E-state index in [4.69, 9.17) is 11.6 Å². The van der Waals surface area contributed by atoms with E-state index in [0.717, 1.165) is 23.7 Å². The zero-order chi connectivity index (χ0) is 13.0. The summed E-state index contributed by atoms with van der Waals surface area (Å²) in [5.41, 5.74) is 2.22. The zero-order valence-electron chi connectivity index (χ0n) is 10.7. The molecule has 1 heterocycles. The van der Waals surface area contributed by atoms with E-state index in [1.165, 1.54) is 5.56 Å². The van der Waals surface area contributed by atoms with Crippen LogP contribution in [0.5, 0.6) is 0 Å². The van der Waals surface area contributed by atoms with Crippen LogP contribution in [-0.2, 0) is 7.05 Å². The number of aromatic nitrogens is 2. The van der Waals surface area contributed by atoms with E-state index >= 15 is 0 Å². The van der Waals surface area contributed by atoms with E-state index in [1.807, 2.05) is 48.3 Å². The Hall–Kier alpha value is -1.32. The summed E-state index contributed by atoms with van der Waals surface area (Å²) in [4.78, 5) is 0. The molecule has 0 aliphatic carbocycles. The Morgan fingerprint density at radius 3 is 2.56 bits per heavy atom. The predicted octanol–water partition coefficient (Wildman–Crippen LogP) is 3.16. The Kier molecular flexibility index (Phi) is 4.39. The minimum Gasteiger partial charge on any atom is -0.305 e. The highest BCUT2D eigenvalue weighted by atomic mass is 35.5. The zero-order valence-corrected chi connectivity index (χ0v) is 11.5. The fourth-order valence-electron chi connectivity index (χ4n) is 1.92. The first-order valence-electron chi connectivity index (χ1n) is 6.19. The van der Waals surface area contributed by atoms with Gasteiger partial charge in [0.1, 0.15) is 0 Å². The minimum atomic E-state index is 0.128. The van der Waals surface area contributed by atoms with Gasteiger partial charge in [0.05, 0.1) is 11.7 Å². The number of nitrogens with one attached hydrogen (secondary N) is 1. The maximum atomic E-state index is 5.93. The van der Waals surface area contributed by atoms with Crippen LogP contribution in [0.4, 0.5) is 0 Å². The molecule has 18 heavy (non-hydrogen) atoms. The molecular formula is C14H18ClN3. The van der Waals surface area contributed by atoms with Gasteiger partial charge in [-0.2, -0.15) is 5.10 Å². The first-order valence-corrected chi connectivity index (χ1v) is 6.57. The molecule has 0 spiro atoms. The monoisotopic (exact) mass is 263 g/mol. The molecule has 2 rings (SSSR count). The molecule has 0 aliphatic heterocycles. The van der Waals surface area contributed by atoms with Crippen LogP contribution in [0.15, 0.2) is 36.5 Å². The third-order valence-corrected chi connectivity index (χ3v) is 3.08. The molecule has 1 atom stereocenters. The van der Waals surface area contributed by atoms with E-state index in [2.05, 4.69) is 17.3 Å². The Morgan fingerprint density at radius 2 is 2.00 bits per heavy atom. The third-order valence-electron chi connectivity index (χ3n) is 2.83. The van der Waals surface area contributed by atoms with Crippen LogP contribution in [0.25, 0.3) is 0 Å². The van der Waals surface area contributed by atoms with Gasteiger partial charge in [0.25, 0.3) is 0 Å². The van der Waals surface area contributed by atoms with Crippen molar-refractivity contribution in [2.24, 2.45) is 7.05 Å². The van der Waals surface area contributed by atoms with Gasteiger partial charge < -0.3 is 5.32 Å². The summed E-state index contributed by atoms with van der Waals surface area (Å²) in [5.74, 6) is 0. The number of nitrogens with zero attached hydrogens (tertiary/aromatic N) is 2. The van der Waals surface area contributed by atoms with Crippen LogP contribution in [-0.4, -0.2) is 16.3 Å². The number of hydrogen-bond acceptors (Lipinski definition) is 2. The summed E-state index contributed by atoms with van der Waals surface area (Å²) in [6, 6.07) is 10.1. The summed E-state index contributed by atoms with van der Waals surface area (Å²) < 4.78 is 1.83. The average Bonchev–Trinajstić information content (AvgIpc) is 2.78. The van der Waals surface area contributed by atoms with E-state index in [9.17, 15) is 0 Å². The summed E-state index contributed by atoms with van der Waals surface area (Å²) in [6.45, 7) is 3.12. The predicted molar refractivity (Wildman–Crippen MR) is 74.8 cm³/mol. The van der Waals surface area contributed by atoms with Crippen LogP contribution in [0, 0.1) is 0 Å². The molecule has 0 saturated carbocycles. The van der Waals surface area contributed by atoms with Crippen molar-refractivity contribution in [1.29, 1.82) is 0 Å². The van der Waals surface area contributed by atoms with Gasteiger partial charge in [0.15, 0.2) is 0 Å². The second-order valence-electron chi connectivity index (χ2n) is 4.35. The molecule has 0 aliphatic rings. The molecular weight excluding hydrogens is 246 g/mol. The van der Waals surface area contributed by atoms with Crippen LogP contribution in [0.1, 0.15) is 30.6 Å².